The summed E-state index contributed by atoms with van der Waals surface area (Å²) in [5.41, 5.74) is 0.664. The number of hydrogen-bond acceptors (Lipinski definition) is 4. The number of aryl methyl sites for hydroxylation is 1. The number of para-hydroxylation sites is 1. The number of nitrogens with one attached hydrogen (secondary N) is 1. The Hall–Kier alpha value is -2.73. The van der Waals surface area contributed by atoms with E-state index in [4.69, 9.17) is 16.3 Å². The summed E-state index contributed by atoms with van der Waals surface area (Å²) in [5.74, 6) is -1.53. The van der Waals surface area contributed by atoms with E-state index in [9.17, 15) is 14.0 Å². The monoisotopic (exact) mass is 346 g/mol. The van der Waals surface area contributed by atoms with Crippen LogP contribution in [0.2, 0.25) is 5.02 Å². The van der Waals surface area contributed by atoms with Crippen molar-refractivity contribution in [3.63, 3.8) is 0 Å². The van der Waals surface area contributed by atoms with Crippen LogP contribution in [0.1, 0.15) is 21.7 Å². The van der Waals surface area contributed by atoms with Crippen LogP contribution in [-0.2, 0) is 11.3 Å². The fourth-order valence-electron chi connectivity index (χ4n) is 2.32. The molecule has 0 bridgehead atoms. The Morgan fingerprint density at radius 2 is 2.04 bits per heavy atom. The molecule has 1 N–H and O–H groups in total. The zero-order chi connectivity index (χ0) is 17.3. The molecule has 0 saturated carbocycles. The zero-order valence-corrected chi connectivity index (χ0v) is 13.4. The summed E-state index contributed by atoms with van der Waals surface area (Å²) in [6.45, 7) is 1.52. The van der Waals surface area contributed by atoms with Gasteiger partial charge >= 0.3 is 5.97 Å². The van der Waals surface area contributed by atoms with Crippen molar-refractivity contribution >= 4 is 28.5 Å². The van der Waals surface area contributed by atoms with Gasteiger partial charge in [0.1, 0.15) is 23.8 Å². The third-order valence-electron chi connectivity index (χ3n) is 3.49. The van der Waals surface area contributed by atoms with E-state index in [1.54, 1.807) is 12.1 Å². The maximum atomic E-state index is 13.7. The first-order valence-corrected chi connectivity index (χ1v) is 7.45. The van der Waals surface area contributed by atoms with Gasteiger partial charge in [0.15, 0.2) is 0 Å². The average Bonchev–Trinajstić information content (AvgIpc) is 2.54. The minimum Gasteiger partial charge on any atom is -0.454 e. The van der Waals surface area contributed by atoms with Gasteiger partial charge in [0.2, 0.25) is 0 Å². The number of ether oxygens (including phenoxy) is 1. The Kier molecular flexibility index (Phi) is 4.31. The maximum Gasteiger partial charge on any atom is 0.343 e. The number of carbonyl (C=O) groups is 1. The van der Waals surface area contributed by atoms with Gasteiger partial charge in [0, 0.05) is 0 Å². The maximum absolute atomic E-state index is 13.7. The van der Waals surface area contributed by atoms with Crippen LogP contribution in [0.3, 0.4) is 0 Å². The number of rotatable bonds is 3. The van der Waals surface area contributed by atoms with Gasteiger partial charge in [-0.05, 0) is 30.7 Å². The minimum absolute atomic E-state index is 0.0455. The molecule has 0 aliphatic carbocycles. The quantitative estimate of drug-likeness (QED) is 0.738. The Labute approximate surface area is 141 Å². The number of esters is 1. The molecule has 0 aliphatic heterocycles. The molecule has 122 valence electrons. The molecule has 0 amide bonds. The number of aromatic nitrogens is 2. The van der Waals surface area contributed by atoms with E-state index < -0.39 is 11.8 Å². The highest BCUT2D eigenvalue weighted by atomic mass is 35.5. The summed E-state index contributed by atoms with van der Waals surface area (Å²) < 4.78 is 18.7. The van der Waals surface area contributed by atoms with Crippen molar-refractivity contribution in [2.24, 2.45) is 0 Å². The zero-order valence-electron chi connectivity index (χ0n) is 12.6. The van der Waals surface area contributed by atoms with Gasteiger partial charge in [-0.3, -0.25) is 4.79 Å². The molecule has 0 fully saturated rings. The Morgan fingerprint density at radius 1 is 1.29 bits per heavy atom. The fraction of sp³-hybridized carbons (Fsp3) is 0.118. The predicted molar refractivity (Wildman–Crippen MR) is 87.6 cm³/mol. The molecule has 0 radical (unpaired) electrons. The number of halogens is 2. The van der Waals surface area contributed by atoms with Crippen molar-refractivity contribution in [3.8, 4) is 0 Å². The lowest BCUT2D eigenvalue weighted by Gasteiger charge is -2.08. The van der Waals surface area contributed by atoms with Gasteiger partial charge in [-0.15, -0.1) is 0 Å². The van der Waals surface area contributed by atoms with Gasteiger partial charge < -0.3 is 9.72 Å². The largest absolute Gasteiger partial charge is 0.454 e. The lowest BCUT2D eigenvalue weighted by Crippen LogP contribution is -2.15. The lowest BCUT2D eigenvalue weighted by atomic mass is 10.1. The predicted octanol–water partition coefficient (Wildman–Crippen LogP) is 3.38. The summed E-state index contributed by atoms with van der Waals surface area (Å²) in [6, 6.07) is 9.13. The summed E-state index contributed by atoms with van der Waals surface area (Å²) >= 11 is 5.82. The van der Waals surface area contributed by atoms with Crippen LogP contribution in [-0.4, -0.2) is 15.9 Å². The second kappa shape index (κ2) is 6.41. The summed E-state index contributed by atoms with van der Waals surface area (Å²) in [4.78, 5) is 30.9. The van der Waals surface area contributed by atoms with Crippen molar-refractivity contribution < 1.29 is 13.9 Å². The number of H-pyrrole nitrogens is 1. The molecule has 2 aromatic carbocycles. The van der Waals surface area contributed by atoms with Gasteiger partial charge in [-0.2, -0.15) is 0 Å². The highest BCUT2D eigenvalue weighted by molar-refractivity contribution is 6.33. The SMILES string of the molecule is Cc1cccc2c(=O)[nH]c(COC(=O)c3c(F)cccc3Cl)nc12. The van der Waals surface area contributed by atoms with Crippen LogP contribution < -0.4 is 5.56 Å². The second-order valence-corrected chi connectivity index (χ2v) is 5.56. The van der Waals surface area contributed by atoms with E-state index in [0.29, 0.717) is 10.9 Å². The van der Waals surface area contributed by atoms with E-state index in [2.05, 4.69) is 9.97 Å². The molecule has 0 unspecified atom stereocenters. The Bertz CT molecular complexity index is 981. The average molecular weight is 347 g/mol. The lowest BCUT2D eigenvalue weighted by molar-refractivity contribution is 0.0457. The molecule has 5 nitrogen and oxygen atoms in total. The molecule has 0 aliphatic rings. The van der Waals surface area contributed by atoms with Crippen molar-refractivity contribution in [1.82, 2.24) is 9.97 Å². The van der Waals surface area contributed by atoms with E-state index in [0.717, 1.165) is 11.6 Å². The van der Waals surface area contributed by atoms with Gasteiger partial charge in [0.25, 0.3) is 5.56 Å². The van der Waals surface area contributed by atoms with Gasteiger partial charge in [-0.1, -0.05) is 29.8 Å². The van der Waals surface area contributed by atoms with Crippen LogP contribution in [0.4, 0.5) is 4.39 Å². The summed E-state index contributed by atoms with van der Waals surface area (Å²) in [7, 11) is 0. The molecular weight excluding hydrogens is 335 g/mol. The van der Waals surface area contributed by atoms with Crippen LogP contribution in [0.25, 0.3) is 10.9 Å². The van der Waals surface area contributed by atoms with Gasteiger partial charge in [0.05, 0.1) is 15.9 Å². The molecule has 24 heavy (non-hydrogen) atoms. The second-order valence-electron chi connectivity index (χ2n) is 5.16. The number of hydrogen-bond donors (Lipinski definition) is 1. The first kappa shape index (κ1) is 16.1. The van der Waals surface area contributed by atoms with Crippen LogP contribution in [0.5, 0.6) is 0 Å². The topological polar surface area (TPSA) is 72.1 Å². The molecule has 1 heterocycles. The van der Waals surface area contributed by atoms with E-state index in [1.165, 1.54) is 12.1 Å². The van der Waals surface area contributed by atoms with E-state index >= 15 is 0 Å². The highest BCUT2D eigenvalue weighted by Gasteiger charge is 2.18. The molecule has 3 rings (SSSR count). The van der Waals surface area contributed by atoms with Gasteiger partial charge in [-0.25, -0.2) is 14.2 Å². The van der Waals surface area contributed by atoms with Crippen molar-refractivity contribution in [2.45, 2.75) is 13.5 Å². The Balaban J connectivity index is 1.87. The van der Waals surface area contributed by atoms with E-state index in [1.807, 2.05) is 13.0 Å². The van der Waals surface area contributed by atoms with Crippen molar-refractivity contribution in [3.05, 3.63) is 74.5 Å². The molecule has 0 atom stereocenters. The van der Waals surface area contributed by atoms with Crippen LogP contribution in [0, 0.1) is 12.7 Å². The first-order valence-electron chi connectivity index (χ1n) is 7.07. The third kappa shape index (κ3) is 3.00. The smallest absolute Gasteiger partial charge is 0.343 e. The first-order chi connectivity index (χ1) is 11.5. The molecule has 3 aromatic rings. The van der Waals surface area contributed by atoms with E-state index in [-0.39, 0.29) is 28.6 Å². The third-order valence-corrected chi connectivity index (χ3v) is 3.81. The number of benzene rings is 2. The molecule has 0 spiro atoms. The normalized spacial score (nSPS) is 10.8. The van der Waals surface area contributed by atoms with Crippen LogP contribution in [0.15, 0.2) is 41.2 Å². The Morgan fingerprint density at radius 3 is 2.79 bits per heavy atom. The van der Waals surface area contributed by atoms with Crippen molar-refractivity contribution in [2.75, 3.05) is 0 Å². The van der Waals surface area contributed by atoms with Crippen molar-refractivity contribution in [1.29, 1.82) is 0 Å². The number of carbonyl (C=O) groups excluding carboxylic acids is 1. The van der Waals surface area contributed by atoms with Crippen LogP contribution >= 0.6 is 11.6 Å². The molecular formula is C17H12ClFN2O3. The number of nitrogens with zero attached hydrogens (tertiary/aromatic N) is 1. The number of fused-ring (bicyclic) bond motifs is 1. The summed E-state index contributed by atoms with van der Waals surface area (Å²) in [5, 5.41) is 0.401. The fourth-order valence-corrected chi connectivity index (χ4v) is 2.56. The standard InChI is InChI=1S/C17H12ClFN2O3/c1-9-4-2-5-10-15(9)20-13(21-16(10)22)8-24-17(23)14-11(18)6-3-7-12(14)19/h2-7H,8H2,1H3,(H,20,21,22). The molecule has 0 saturated heterocycles. The molecule has 7 heteroatoms. The molecule has 1 aromatic heterocycles. The highest BCUT2D eigenvalue weighted by Crippen LogP contribution is 2.20. The number of aromatic amines is 1. The minimum atomic E-state index is -0.925. The summed E-state index contributed by atoms with van der Waals surface area (Å²) in [6.07, 6.45) is 0.